The van der Waals surface area contributed by atoms with E-state index in [1.54, 1.807) is 17.0 Å². The van der Waals surface area contributed by atoms with E-state index in [1.807, 2.05) is 24.3 Å². The highest BCUT2D eigenvalue weighted by atomic mass is 32.2. The summed E-state index contributed by atoms with van der Waals surface area (Å²) in [6.45, 7) is 0.643. The molecule has 2 aliphatic rings. The first-order chi connectivity index (χ1) is 13.5. The normalized spacial score (nSPS) is 19.7. The smallest absolute Gasteiger partial charge is 0.247 e. The van der Waals surface area contributed by atoms with Crippen molar-refractivity contribution in [3.8, 4) is 11.5 Å². The van der Waals surface area contributed by atoms with Crippen molar-refractivity contribution in [2.45, 2.75) is 17.4 Å². The van der Waals surface area contributed by atoms with Gasteiger partial charge in [-0.2, -0.15) is 4.31 Å². The zero-order valence-electron chi connectivity index (χ0n) is 15.8. The Morgan fingerprint density at radius 3 is 2.61 bits per heavy atom. The predicted octanol–water partition coefficient (Wildman–Crippen LogP) is 1.83. The molecular weight excluding hydrogens is 380 g/mol. The highest BCUT2D eigenvalue weighted by Crippen LogP contribution is 2.37. The van der Waals surface area contributed by atoms with Crippen LogP contribution in [0, 0.1) is 0 Å². The van der Waals surface area contributed by atoms with E-state index in [2.05, 4.69) is 0 Å². The van der Waals surface area contributed by atoms with E-state index in [9.17, 15) is 13.2 Å². The van der Waals surface area contributed by atoms with Crippen LogP contribution >= 0.6 is 0 Å². The maximum atomic E-state index is 13.4. The Hall–Kier alpha value is -2.58. The molecule has 0 aliphatic carbocycles. The van der Waals surface area contributed by atoms with Crippen molar-refractivity contribution in [3.05, 3.63) is 53.6 Å². The summed E-state index contributed by atoms with van der Waals surface area (Å²) in [5, 5.41) is 0. The summed E-state index contributed by atoms with van der Waals surface area (Å²) in [5.74, 6) is 0.447. The molecule has 1 saturated heterocycles. The number of carbonyl (C=O) groups excluding carboxylic acids is 1. The van der Waals surface area contributed by atoms with Crippen LogP contribution in [0.25, 0.3) is 0 Å². The number of rotatable bonds is 4. The second kappa shape index (κ2) is 7.10. The number of carbonyl (C=O) groups is 1. The molecule has 0 unspecified atom stereocenters. The fourth-order valence-corrected chi connectivity index (χ4v) is 5.52. The van der Waals surface area contributed by atoms with Gasteiger partial charge in [0.05, 0.1) is 26.8 Å². The second-order valence-corrected chi connectivity index (χ2v) is 8.77. The lowest BCUT2D eigenvalue weighted by atomic mass is 9.91. The molecule has 2 aromatic rings. The molecule has 2 aliphatic heterocycles. The lowest BCUT2D eigenvalue weighted by molar-refractivity contribution is -0.138. The van der Waals surface area contributed by atoms with Gasteiger partial charge in [0.15, 0.2) is 0 Å². The second-order valence-electron chi connectivity index (χ2n) is 6.87. The Bertz CT molecular complexity index is 1020. The van der Waals surface area contributed by atoms with Gasteiger partial charge in [-0.15, -0.1) is 0 Å². The van der Waals surface area contributed by atoms with Crippen LogP contribution in [-0.2, 0) is 21.2 Å². The molecule has 8 heteroatoms. The third-order valence-corrected chi connectivity index (χ3v) is 7.24. The molecule has 148 valence electrons. The first-order valence-electron chi connectivity index (χ1n) is 9.05. The monoisotopic (exact) mass is 402 g/mol. The van der Waals surface area contributed by atoms with Crippen LogP contribution < -0.4 is 9.47 Å². The fourth-order valence-electron chi connectivity index (χ4n) is 3.95. The minimum atomic E-state index is -3.94. The Morgan fingerprint density at radius 2 is 1.86 bits per heavy atom. The highest BCUT2D eigenvalue weighted by molar-refractivity contribution is 7.89. The predicted molar refractivity (Wildman–Crippen MR) is 103 cm³/mol. The number of benzene rings is 2. The zero-order valence-corrected chi connectivity index (χ0v) is 16.6. The number of hydrogen-bond acceptors (Lipinski definition) is 5. The number of methoxy groups -OCH3 is 2. The average molecular weight is 402 g/mol. The summed E-state index contributed by atoms with van der Waals surface area (Å²) < 4.78 is 38.5. The van der Waals surface area contributed by atoms with Gasteiger partial charge in [0.1, 0.15) is 16.4 Å². The van der Waals surface area contributed by atoms with Crippen molar-refractivity contribution in [2.24, 2.45) is 0 Å². The zero-order chi connectivity index (χ0) is 19.9. The number of nitrogens with zero attached hydrogens (tertiary/aromatic N) is 2. The van der Waals surface area contributed by atoms with E-state index in [1.165, 1.54) is 24.6 Å². The Kier molecular flexibility index (Phi) is 4.76. The van der Waals surface area contributed by atoms with Crippen LogP contribution in [0.3, 0.4) is 0 Å². The number of fused-ring (bicyclic) bond motifs is 3. The van der Waals surface area contributed by atoms with Crippen molar-refractivity contribution in [1.82, 2.24) is 9.21 Å². The summed E-state index contributed by atoms with van der Waals surface area (Å²) >= 11 is 0. The standard InChI is InChI=1S/C20H22N2O5S/c1-26-15-7-8-18(27-2)19(11-15)28(24,25)21-12-17-16-6-4-3-5-14(16)9-10-22(17)20(23)13-21/h3-8,11,17H,9-10,12-13H2,1-2H3/t17-/m0/s1. The first-order valence-corrected chi connectivity index (χ1v) is 10.5. The van der Waals surface area contributed by atoms with Crippen molar-refractivity contribution in [2.75, 3.05) is 33.9 Å². The number of piperazine rings is 1. The maximum absolute atomic E-state index is 13.4. The van der Waals surface area contributed by atoms with Gasteiger partial charge in [-0.1, -0.05) is 24.3 Å². The summed E-state index contributed by atoms with van der Waals surface area (Å²) in [4.78, 5) is 14.6. The molecule has 0 spiro atoms. The van der Waals surface area contributed by atoms with Gasteiger partial charge >= 0.3 is 0 Å². The summed E-state index contributed by atoms with van der Waals surface area (Å²) in [6.07, 6.45) is 0.787. The summed E-state index contributed by atoms with van der Waals surface area (Å²) in [6, 6.07) is 12.2. The quantitative estimate of drug-likeness (QED) is 0.780. The first kappa shape index (κ1) is 18.8. The lowest BCUT2D eigenvalue weighted by Crippen LogP contribution is -2.55. The third kappa shape index (κ3) is 3.02. The van der Waals surface area contributed by atoms with Crippen LogP contribution in [0.4, 0.5) is 0 Å². The molecule has 1 atom stereocenters. The molecule has 7 nitrogen and oxygen atoms in total. The van der Waals surface area contributed by atoms with Crippen LogP contribution in [0.1, 0.15) is 17.2 Å². The van der Waals surface area contributed by atoms with Gasteiger partial charge < -0.3 is 14.4 Å². The molecule has 4 rings (SSSR count). The van der Waals surface area contributed by atoms with Crippen LogP contribution in [-0.4, -0.2) is 57.4 Å². The molecule has 28 heavy (non-hydrogen) atoms. The molecule has 0 bridgehead atoms. The van der Waals surface area contributed by atoms with Gasteiger partial charge in [0, 0.05) is 19.2 Å². The van der Waals surface area contributed by atoms with Crippen molar-refractivity contribution in [1.29, 1.82) is 0 Å². The van der Waals surface area contributed by atoms with E-state index in [4.69, 9.17) is 9.47 Å². The summed E-state index contributed by atoms with van der Waals surface area (Å²) in [5.41, 5.74) is 2.18. The van der Waals surface area contributed by atoms with E-state index in [-0.39, 0.29) is 35.7 Å². The van der Waals surface area contributed by atoms with Crippen molar-refractivity contribution in [3.63, 3.8) is 0 Å². The van der Waals surface area contributed by atoms with Crippen LogP contribution in [0.5, 0.6) is 11.5 Å². The van der Waals surface area contributed by atoms with Crippen LogP contribution in [0.15, 0.2) is 47.4 Å². The van der Waals surface area contributed by atoms with E-state index < -0.39 is 10.0 Å². The topological polar surface area (TPSA) is 76.1 Å². The minimum absolute atomic E-state index is 0.000283. The molecule has 1 amide bonds. The van der Waals surface area contributed by atoms with Gasteiger partial charge in [0.2, 0.25) is 15.9 Å². The molecule has 0 saturated carbocycles. The number of hydrogen-bond donors (Lipinski definition) is 0. The molecular formula is C20H22N2O5S. The Balaban J connectivity index is 1.74. The van der Waals surface area contributed by atoms with Crippen LogP contribution in [0.2, 0.25) is 0 Å². The molecule has 2 aromatic carbocycles. The minimum Gasteiger partial charge on any atom is -0.497 e. The van der Waals surface area contributed by atoms with Gasteiger partial charge in [-0.25, -0.2) is 8.42 Å². The molecule has 1 fully saturated rings. The average Bonchev–Trinajstić information content (AvgIpc) is 2.72. The number of amides is 1. The fraction of sp³-hybridized carbons (Fsp3) is 0.350. The van der Waals surface area contributed by atoms with Gasteiger partial charge in [-0.05, 0) is 29.7 Å². The SMILES string of the molecule is COc1ccc(OC)c(S(=O)(=O)N2CC(=O)N3CCc4ccccc4[C@@H]3C2)c1. The van der Waals surface area contributed by atoms with E-state index >= 15 is 0 Å². The van der Waals surface area contributed by atoms with E-state index in [0.717, 1.165) is 17.5 Å². The van der Waals surface area contributed by atoms with Crippen molar-refractivity contribution < 1.29 is 22.7 Å². The molecule has 0 aromatic heterocycles. The Morgan fingerprint density at radius 1 is 1.07 bits per heavy atom. The van der Waals surface area contributed by atoms with Gasteiger partial charge in [0.25, 0.3) is 0 Å². The van der Waals surface area contributed by atoms with Gasteiger partial charge in [-0.3, -0.25) is 4.79 Å². The molecule has 0 N–H and O–H groups in total. The Labute approximate surface area is 164 Å². The number of ether oxygens (including phenoxy) is 2. The lowest BCUT2D eigenvalue weighted by Gasteiger charge is -2.44. The molecule has 0 radical (unpaired) electrons. The molecule has 2 heterocycles. The largest absolute Gasteiger partial charge is 0.497 e. The van der Waals surface area contributed by atoms with E-state index in [0.29, 0.717) is 12.3 Å². The third-order valence-electron chi connectivity index (χ3n) is 5.41. The highest BCUT2D eigenvalue weighted by Gasteiger charge is 2.42. The van der Waals surface area contributed by atoms with Crippen molar-refractivity contribution >= 4 is 15.9 Å². The summed E-state index contributed by atoms with van der Waals surface area (Å²) in [7, 11) is -1.05. The maximum Gasteiger partial charge on any atom is 0.247 e. The number of sulfonamides is 1.